The Morgan fingerprint density at radius 1 is 1.29 bits per heavy atom. The van der Waals surface area contributed by atoms with E-state index in [9.17, 15) is 18.3 Å². The smallest absolute Gasteiger partial charge is 0.247 e. The van der Waals surface area contributed by atoms with Gasteiger partial charge in [-0.25, -0.2) is 8.42 Å². The first-order chi connectivity index (χ1) is 16.2. The van der Waals surface area contributed by atoms with Gasteiger partial charge >= 0.3 is 0 Å². The molecular weight excluding hydrogens is 454 g/mol. The summed E-state index contributed by atoms with van der Waals surface area (Å²) in [6, 6.07) is 8.15. The predicted molar refractivity (Wildman–Crippen MR) is 129 cm³/mol. The molecule has 0 saturated heterocycles. The summed E-state index contributed by atoms with van der Waals surface area (Å²) in [5, 5.41) is 9.79. The van der Waals surface area contributed by atoms with E-state index in [-0.39, 0.29) is 41.5 Å². The Labute approximate surface area is 201 Å². The number of carbonyl (C=O) groups excluding carboxylic acids is 1. The Bertz CT molecular complexity index is 1120. The van der Waals surface area contributed by atoms with Gasteiger partial charge in [0, 0.05) is 49.4 Å². The first-order valence-electron chi connectivity index (χ1n) is 11.8. The fourth-order valence-corrected chi connectivity index (χ4v) is 6.31. The van der Waals surface area contributed by atoms with Crippen LogP contribution < -0.4 is 4.74 Å². The molecule has 1 saturated carbocycles. The lowest BCUT2D eigenvalue weighted by atomic mass is 9.84. The molecule has 1 aliphatic heterocycles. The number of pyridine rings is 1. The van der Waals surface area contributed by atoms with Crippen LogP contribution in [0.1, 0.15) is 33.1 Å². The van der Waals surface area contributed by atoms with Gasteiger partial charge in [0.25, 0.3) is 0 Å². The monoisotopic (exact) mass is 487 g/mol. The van der Waals surface area contributed by atoms with Crippen LogP contribution in [0.4, 0.5) is 0 Å². The van der Waals surface area contributed by atoms with Crippen LogP contribution in [0.25, 0.3) is 11.1 Å². The Hall–Kier alpha value is -2.49. The van der Waals surface area contributed by atoms with Crippen molar-refractivity contribution in [2.45, 2.75) is 50.2 Å². The highest BCUT2D eigenvalue weighted by atomic mass is 32.2. The van der Waals surface area contributed by atoms with Crippen molar-refractivity contribution >= 4 is 15.9 Å². The van der Waals surface area contributed by atoms with Crippen molar-refractivity contribution in [2.75, 3.05) is 26.7 Å². The van der Waals surface area contributed by atoms with E-state index in [0.717, 1.165) is 30.4 Å². The van der Waals surface area contributed by atoms with Crippen molar-refractivity contribution in [1.29, 1.82) is 0 Å². The summed E-state index contributed by atoms with van der Waals surface area (Å²) in [5.74, 6) is 0.222. The molecular formula is C25H33N3O5S. The number of hydrogen-bond donors (Lipinski definition) is 1. The second kappa shape index (κ2) is 10.0. The lowest BCUT2D eigenvalue weighted by Crippen LogP contribution is -2.50. The van der Waals surface area contributed by atoms with E-state index in [1.807, 2.05) is 19.1 Å². The molecule has 1 amide bonds. The van der Waals surface area contributed by atoms with E-state index >= 15 is 0 Å². The van der Waals surface area contributed by atoms with E-state index in [2.05, 4.69) is 4.98 Å². The summed E-state index contributed by atoms with van der Waals surface area (Å²) in [6.07, 6.45) is 5.89. The van der Waals surface area contributed by atoms with E-state index in [0.29, 0.717) is 6.54 Å². The van der Waals surface area contributed by atoms with E-state index < -0.39 is 22.2 Å². The van der Waals surface area contributed by atoms with Crippen molar-refractivity contribution < 1.29 is 23.1 Å². The third kappa shape index (κ3) is 4.82. The molecule has 3 atom stereocenters. The van der Waals surface area contributed by atoms with Crippen LogP contribution in [0.2, 0.25) is 0 Å². The zero-order chi connectivity index (χ0) is 24.5. The molecule has 8 nitrogen and oxygen atoms in total. The number of carbonyl (C=O) groups is 1. The first-order valence-corrected chi connectivity index (χ1v) is 13.2. The SMILES string of the molecule is C[C@H]1CN([C@@H](C)CO)S(=O)(=O)c2ccc(-c3cccnc3)cc2O[C@H]1CN(C)C(=O)C1CCC1. The molecule has 34 heavy (non-hydrogen) atoms. The molecule has 9 heteroatoms. The van der Waals surface area contributed by atoms with E-state index in [1.54, 1.807) is 49.5 Å². The molecule has 1 N–H and O–H groups in total. The number of rotatable bonds is 6. The maximum atomic E-state index is 13.6. The third-order valence-electron chi connectivity index (χ3n) is 6.95. The Morgan fingerprint density at radius 2 is 2.06 bits per heavy atom. The average molecular weight is 488 g/mol. The molecule has 0 unspecified atom stereocenters. The molecule has 4 rings (SSSR count). The molecule has 1 aliphatic carbocycles. The first kappa shape index (κ1) is 24.6. The minimum Gasteiger partial charge on any atom is -0.487 e. The predicted octanol–water partition coefficient (Wildman–Crippen LogP) is 2.78. The van der Waals surface area contributed by atoms with Gasteiger partial charge in [-0.1, -0.05) is 25.5 Å². The minimum atomic E-state index is -3.91. The number of nitrogens with zero attached hydrogens (tertiary/aromatic N) is 3. The molecule has 2 heterocycles. The molecule has 1 aromatic carbocycles. The molecule has 0 bridgehead atoms. The third-order valence-corrected chi connectivity index (χ3v) is 8.97. The standard InChI is InChI=1S/C25H33N3O5S/c1-17-14-28(18(2)16-29)34(31,32)24-10-9-20(21-8-5-11-26-13-21)12-22(24)33-23(17)15-27(3)25(30)19-6-4-7-19/h5,8-13,17-19,23,29H,4,6-7,14-16H2,1-3H3/t17-,18-,23-/m0/s1. The van der Waals surface area contributed by atoms with Gasteiger partial charge in [-0.3, -0.25) is 9.78 Å². The summed E-state index contributed by atoms with van der Waals surface area (Å²) in [6.45, 7) is 3.87. The summed E-state index contributed by atoms with van der Waals surface area (Å²) >= 11 is 0. The maximum Gasteiger partial charge on any atom is 0.247 e. The molecule has 0 radical (unpaired) electrons. The van der Waals surface area contributed by atoms with Gasteiger partial charge in [-0.15, -0.1) is 0 Å². The van der Waals surface area contributed by atoms with E-state index in [1.165, 1.54) is 4.31 Å². The number of aliphatic hydroxyl groups is 1. The number of fused-ring (bicyclic) bond motifs is 1. The van der Waals surface area contributed by atoms with Crippen LogP contribution in [0.3, 0.4) is 0 Å². The fraction of sp³-hybridized carbons (Fsp3) is 0.520. The highest BCUT2D eigenvalue weighted by Gasteiger charge is 2.39. The van der Waals surface area contributed by atoms with Gasteiger partial charge in [0.15, 0.2) is 0 Å². The van der Waals surface area contributed by atoms with Crippen molar-refractivity contribution in [3.8, 4) is 16.9 Å². The van der Waals surface area contributed by atoms with Gasteiger partial charge < -0.3 is 14.7 Å². The molecule has 1 fully saturated rings. The quantitative estimate of drug-likeness (QED) is 0.673. The number of benzene rings is 1. The Kier molecular flexibility index (Phi) is 7.25. The molecule has 0 spiro atoms. The van der Waals surface area contributed by atoms with E-state index in [4.69, 9.17) is 4.74 Å². The highest BCUT2D eigenvalue weighted by molar-refractivity contribution is 7.89. The number of amides is 1. The normalized spacial score (nSPS) is 23.5. The van der Waals surface area contributed by atoms with Crippen LogP contribution in [0, 0.1) is 11.8 Å². The van der Waals surface area contributed by atoms with Crippen LogP contribution >= 0.6 is 0 Å². The minimum absolute atomic E-state index is 0.0605. The van der Waals surface area contributed by atoms with Crippen LogP contribution in [0.5, 0.6) is 5.75 Å². The summed E-state index contributed by atoms with van der Waals surface area (Å²) in [7, 11) is -2.13. The topological polar surface area (TPSA) is 100 Å². The second-order valence-electron chi connectivity index (χ2n) is 9.49. The highest BCUT2D eigenvalue weighted by Crippen LogP contribution is 2.36. The number of aliphatic hydroxyl groups excluding tert-OH is 1. The van der Waals surface area contributed by atoms with Gasteiger partial charge in [-0.05, 0) is 43.5 Å². The zero-order valence-corrected chi connectivity index (χ0v) is 20.7. The molecule has 2 aliphatic rings. The van der Waals surface area contributed by atoms with Crippen molar-refractivity contribution in [2.24, 2.45) is 11.8 Å². The maximum absolute atomic E-state index is 13.6. The van der Waals surface area contributed by atoms with Crippen molar-refractivity contribution in [3.63, 3.8) is 0 Å². The van der Waals surface area contributed by atoms with Gasteiger partial charge in [0.05, 0.1) is 13.2 Å². The van der Waals surface area contributed by atoms with Crippen LogP contribution in [-0.2, 0) is 14.8 Å². The second-order valence-corrected chi connectivity index (χ2v) is 11.3. The largest absolute Gasteiger partial charge is 0.487 e. The van der Waals surface area contributed by atoms with Crippen LogP contribution in [0.15, 0.2) is 47.6 Å². The Balaban J connectivity index is 1.74. The lowest BCUT2D eigenvalue weighted by Gasteiger charge is -2.38. The Morgan fingerprint density at radius 3 is 2.68 bits per heavy atom. The van der Waals surface area contributed by atoms with Gasteiger partial charge in [0.2, 0.25) is 15.9 Å². The number of sulfonamides is 1. The molecule has 2 aromatic rings. The molecule has 184 valence electrons. The average Bonchev–Trinajstić information content (AvgIpc) is 2.79. The zero-order valence-electron chi connectivity index (χ0n) is 19.9. The molecule has 1 aromatic heterocycles. The summed E-state index contributed by atoms with van der Waals surface area (Å²) in [4.78, 5) is 18.7. The van der Waals surface area contributed by atoms with Gasteiger partial charge in [-0.2, -0.15) is 4.31 Å². The van der Waals surface area contributed by atoms with Crippen molar-refractivity contribution in [3.05, 3.63) is 42.7 Å². The van der Waals surface area contributed by atoms with Crippen molar-refractivity contribution in [1.82, 2.24) is 14.2 Å². The van der Waals surface area contributed by atoms with Crippen LogP contribution in [-0.4, -0.2) is 72.5 Å². The number of likely N-dealkylation sites (N-methyl/N-ethyl adjacent to an activating group) is 1. The number of ether oxygens (including phenoxy) is 1. The van der Waals surface area contributed by atoms with Gasteiger partial charge in [0.1, 0.15) is 16.7 Å². The number of hydrogen-bond acceptors (Lipinski definition) is 6. The lowest BCUT2D eigenvalue weighted by molar-refractivity contribution is -0.138. The number of aromatic nitrogens is 1. The summed E-state index contributed by atoms with van der Waals surface area (Å²) < 4.78 is 34.9. The summed E-state index contributed by atoms with van der Waals surface area (Å²) in [5.41, 5.74) is 1.63. The fourth-order valence-electron chi connectivity index (χ4n) is 4.48.